The predicted octanol–water partition coefficient (Wildman–Crippen LogP) is 1.61. The minimum Gasteiger partial charge on any atom is -0.465 e. The van der Waals surface area contributed by atoms with E-state index in [9.17, 15) is 4.79 Å². The summed E-state index contributed by atoms with van der Waals surface area (Å²) in [6.07, 6.45) is 1.82. The van der Waals surface area contributed by atoms with Crippen molar-refractivity contribution in [3.63, 3.8) is 0 Å². The van der Waals surface area contributed by atoms with Crippen LogP contribution in [0.1, 0.15) is 23.3 Å². The van der Waals surface area contributed by atoms with Gasteiger partial charge in [-0.25, -0.2) is 4.79 Å². The summed E-state index contributed by atoms with van der Waals surface area (Å²) in [6.45, 7) is 4.92. The van der Waals surface area contributed by atoms with Crippen molar-refractivity contribution in [2.45, 2.75) is 26.1 Å². The largest absolute Gasteiger partial charge is 0.465 e. The summed E-state index contributed by atoms with van der Waals surface area (Å²) >= 11 is 0. The highest BCUT2D eigenvalue weighted by atomic mass is 16.3. The second-order valence-corrected chi connectivity index (χ2v) is 6.18. The minimum atomic E-state index is -0.0857. The zero-order valence-corrected chi connectivity index (χ0v) is 13.8. The fraction of sp³-hybridized carbons (Fsp3) is 0.500. The summed E-state index contributed by atoms with van der Waals surface area (Å²) < 4.78 is 7.69. The van der Waals surface area contributed by atoms with Crippen LogP contribution in [0.15, 0.2) is 28.8 Å². The summed E-state index contributed by atoms with van der Waals surface area (Å²) in [7, 11) is 3.47. The van der Waals surface area contributed by atoms with Crippen LogP contribution in [-0.2, 0) is 13.1 Å². The number of nitrogens with zero attached hydrogens (tertiary/aromatic N) is 4. The first-order valence-corrected chi connectivity index (χ1v) is 7.78. The van der Waals surface area contributed by atoms with E-state index in [1.165, 1.54) is 4.90 Å². The number of carbonyl (C=O) groups excluding carboxylic acids is 1. The molecule has 0 aromatic carbocycles. The number of furan rings is 1. The van der Waals surface area contributed by atoms with Gasteiger partial charge in [0.15, 0.2) is 0 Å². The molecule has 0 spiro atoms. The molecule has 3 heterocycles. The van der Waals surface area contributed by atoms with Crippen molar-refractivity contribution in [3.8, 4) is 0 Å². The third kappa shape index (κ3) is 3.56. The molecule has 1 aliphatic heterocycles. The van der Waals surface area contributed by atoms with Crippen LogP contribution in [0.25, 0.3) is 0 Å². The molecule has 0 unspecified atom stereocenters. The quantitative estimate of drug-likeness (QED) is 0.930. The molecular weight excluding hydrogens is 294 g/mol. The van der Waals surface area contributed by atoms with Gasteiger partial charge in [0, 0.05) is 39.9 Å². The molecule has 0 aliphatic carbocycles. The Labute approximate surface area is 135 Å². The van der Waals surface area contributed by atoms with Crippen molar-refractivity contribution in [3.05, 3.63) is 41.6 Å². The lowest BCUT2D eigenvalue weighted by Crippen LogP contribution is -2.44. The van der Waals surface area contributed by atoms with E-state index >= 15 is 0 Å². The van der Waals surface area contributed by atoms with Crippen molar-refractivity contribution in [1.82, 2.24) is 24.9 Å². The van der Waals surface area contributed by atoms with E-state index in [2.05, 4.69) is 15.3 Å². The average Bonchev–Trinajstić information content (AvgIpc) is 3.13. The Balaban J connectivity index is 1.68. The van der Waals surface area contributed by atoms with Crippen molar-refractivity contribution in [2.75, 3.05) is 27.2 Å². The summed E-state index contributed by atoms with van der Waals surface area (Å²) in [5.41, 5.74) is 1.16. The second-order valence-electron chi connectivity index (χ2n) is 6.18. The van der Waals surface area contributed by atoms with Gasteiger partial charge in [0.25, 0.3) is 0 Å². The highest BCUT2D eigenvalue weighted by Gasteiger charge is 2.26. The van der Waals surface area contributed by atoms with Crippen molar-refractivity contribution < 1.29 is 9.21 Å². The van der Waals surface area contributed by atoms with Crippen LogP contribution in [0.4, 0.5) is 4.79 Å². The summed E-state index contributed by atoms with van der Waals surface area (Å²) in [6, 6.07) is 6.06. The SMILES string of the molecule is Cc1ccc(CN2Cc3ccnn3[C@H](CNC(=O)N(C)C)C2)o1. The van der Waals surface area contributed by atoms with Crippen LogP contribution in [0.5, 0.6) is 0 Å². The number of hydrogen-bond acceptors (Lipinski definition) is 4. The van der Waals surface area contributed by atoms with Crippen LogP contribution >= 0.6 is 0 Å². The van der Waals surface area contributed by atoms with Crippen LogP contribution in [0.3, 0.4) is 0 Å². The molecule has 0 saturated carbocycles. The smallest absolute Gasteiger partial charge is 0.316 e. The molecule has 23 heavy (non-hydrogen) atoms. The van der Waals surface area contributed by atoms with Gasteiger partial charge in [-0.15, -0.1) is 0 Å². The van der Waals surface area contributed by atoms with Crippen LogP contribution in [0.2, 0.25) is 0 Å². The van der Waals surface area contributed by atoms with E-state index in [1.807, 2.05) is 36.0 Å². The zero-order valence-electron chi connectivity index (χ0n) is 13.8. The standard InChI is InChI=1S/C16H23N5O2/c1-12-4-5-15(23-12)11-20-9-13-6-7-18-21(13)14(10-20)8-17-16(22)19(2)3/h4-7,14H,8-11H2,1-3H3,(H,17,22)/t14-/m1/s1. The molecule has 0 fully saturated rings. The molecule has 7 heteroatoms. The Morgan fingerprint density at radius 2 is 2.26 bits per heavy atom. The highest BCUT2D eigenvalue weighted by Crippen LogP contribution is 2.22. The maximum absolute atomic E-state index is 11.8. The van der Waals surface area contributed by atoms with E-state index in [-0.39, 0.29) is 12.1 Å². The number of fused-ring (bicyclic) bond motifs is 1. The van der Waals surface area contributed by atoms with Gasteiger partial charge in [0.05, 0.1) is 18.3 Å². The third-order valence-corrected chi connectivity index (χ3v) is 4.02. The second kappa shape index (κ2) is 6.45. The maximum Gasteiger partial charge on any atom is 0.316 e. The Morgan fingerprint density at radius 3 is 2.96 bits per heavy atom. The molecule has 2 aromatic rings. The van der Waals surface area contributed by atoms with E-state index < -0.39 is 0 Å². The van der Waals surface area contributed by atoms with Crippen LogP contribution < -0.4 is 5.32 Å². The van der Waals surface area contributed by atoms with Crippen molar-refractivity contribution in [2.24, 2.45) is 0 Å². The molecule has 7 nitrogen and oxygen atoms in total. The Morgan fingerprint density at radius 1 is 1.43 bits per heavy atom. The van der Waals surface area contributed by atoms with Crippen molar-refractivity contribution in [1.29, 1.82) is 0 Å². The zero-order chi connectivity index (χ0) is 16.4. The van der Waals surface area contributed by atoms with Gasteiger partial charge in [-0.1, -0.05) is 0 Å². The molecular formula is C16H23N5O2. The highest BCUT2D eigenvalue weighted by molar-refractivity contribution is 5.73. The fourth-order valence-corrected chi connectivity index (χ4v) is 2.89. The van der Waals surface area contributed by atoms with E-state index in [4.69, 9.17) is 4.42 Å². The number of urea groups is 1. The van der Waals surface area contributed by atoms with Gasteiger partial charge in [0.2, 0.25) is 0 Å². The van der Waals surface area contributed by atoms with Crippen LogP contribution in [0, 0.1) is 6.92 Å². The molecule has 3 rings (SSSR count). The van der Waals surface area contributed by atoms with Gasteiger partial charge in [0.1, 0.15) is 11.5 Å². The first-order chi connectivity index (χ1) is 11.0. The van der Waals surface area contributed by atoms with Crippen molar-refractivity contribution >= 4 is 6.03 Å². The monoisotopic (exact) mass is 317 g/mol. The first-order valence-electron chi connectivity index (χ1n) is 7.78. The number of aromatic nitrogens is 2. The molecule has 0 radical (unpaired) electrons. The number of aryl methyl sites for hydroxylation is 1. The number of hydrogen-bond donors (Lipinski definition) is 1. The lowest BCUT2D eigenvalue weighted by atomic mass is 10.2. The molecule has 124 valence electrons. The van der Waals surface area contributed by atoms with Gasteiger partial charge in [-0.3, -0.25) is 9.58 Å². The summed E-state index contributed by atoms with van der Waals surface area (Å²) in [5.74, 6) is 1.89. The Kier molecular flexibility index (Phi) is 4.38. The normalized spacial score (nSPS) is 17.8. The van der Waals surface area contributed by atoms with E-state index in [0.29, 0.717) is 6.54 Å². The van der Waals surface area contributed by atoms with Gasteiger partial charge < -0.3 is 14.6 Å². The molecule has 0 saturated heterocycles. The average molecular weight is 317 g/mol. The fourth-order valence-electron chi connectivity index (χ4n) is 2.89. The molecule has 0 bridgehead atoms. The number of carbonyl (C=O) groups is 1. The van der Waals surface area contributed by atoms with Gasteiger partial charge in [-0.2, -0.15) is 5.10 Å². The Bertz CT molecular complexity index is 676. The third-order valence-electron chi connectivity index (χ3n) is 4.02. The molecule has 2 aromatic heterocycles. The van der Waals surface area contributed by atoms with Gasteiger partial charge in [-0.05, 0) is 25.1 Å². The van der Waals surface area contributed by atoms with E-state index in [0.717, 1.165) is 36.8 Å². The lowest BCUT2D eigenvalue weighted by Gasteiger charge is -2.33. The number of rotatable bonds is 4. The molecule has 1 atom stereocenters. The first kappa shape index (κ1) is 15.6. The molecule has 2 amide bonds. The molecule has 1 aliphatic rings. The van der Waals surface area contributed by atoms with Crippen LogP contribution in [-0.4, -0.2) is 52.8 Å². The maximum atomic E-state index is 11.8. The predicted molar refractivity (Wildman–Crippen MR) is 85.9 cm³/mol. The summed E-state index contributed by atoms with van der Waals surface area (Å²) in [5, 5.41) is 7.36. The summed E-state index contributed by atoms with van der Waals surface area (Å²) in [4.78, 5) is 15.6. The van der Waals surface area contributed by atoms with E-state index in [1.54, 1.807) is 14.1 Å². The molecule has 1 N–H and O–H groups in total. The Hall–Kier alpha value is -2.28. The minimum absolute atomic E-state index is 0.0857. The van der Waals surface area contributed by atoms with Gasteiger partial charge >= 0.3 is 6.03 Å². The lowest BCUT2D eigenvalue weighted by molar-refractivity contribution is 0.152. The topological polar surface area (TPSA) is 66.5 Å². The number of amides is 2. The number of nitrogens with one attached hydrogen (secondary N) is 1.